The molecular weight excluding hydrogens is 508 g/mol. The normalized spacial score (nSPS) is 21.2. The Morgan fingerprint density at radius 1 is 1.18 bits per heavy atom. The van der Waals surface area contributed by atoms with Crippen molar-refractivity contribution in [2.24, 2.45) is 11.8 Å². The molecule has 2 aliphatic rings. The maximum absolute atomic E-state index is 13.6. The highest BCUT2D eigenvalue weighted by molar-refractivity contribution is 6.09. The van der Waals surface area contributed by atoms with Gasteiger partial charge in [0.2, 0.25) is 5.91 Å². The molecule has 3 atom stereocenters. The molecule has 2 heterocycles. The van der Waals surface area contributed by atoms with E-state index < -0.39 is 18.9 Å². The van der Waals surface area contributed by atoms with Crippen LogP contribution in [0.15, 0.2) is 24.5 Å². The van der Waals surface area contributed by atoms with E-state index in [9.17, 15) is 18.4 Å². The van der Waals surface area contributed by atoms with E-state index in [1.54, 1.807) is 13.0 Å². The second-order valence-corrected chi connectivity index (χ2v) is 10.7. The Labute approximate surface area is 224 Å². The Bertz CT molecular complexity index is 1370. The van der Waals surface area contributed by atoms with Gasteiger partial charge in [0.1, 0.15) is 29.9 Å². The van der Waals surface area contributed by atoms with Crippen LogP contribution in [0.3, 0.4) is 0 Å². The first-order chi connectivity index (χ1) is 18.7. The van der Waals surface area contributed by atoms with Crippen molar-refractivity contribution in [3.05, 3.63) is 41.3 Å². The fraction of sp³-hybridized carbons (Fsp3) is 0.500. The molecule has 0 unspecified atom stereocenters. The van der Waals surface area contributed by atoms with Crippen LogP contribution in [0.1, 0.15) is 67.1 Å². The van der Waals surface area contributed by atoms with Gasteiger partial charge < -0.3 is 25.5 Å². The summed E-state index contributed by atoms with van der Waals surface area (Å²) in [5.74, 6) is 0.350. The fourth-order valence-corrected chi connectivity index (χ4v) is 5.35. The van der Waals surface area contributed by atoms with E-state index in [2.05, 4.69) is 25.6 Å². The molecule has 2 aliphatic carbocycles. The number of aryl methyl sites for hydroxylation is 1. The SMILES string of the molecule is Cc1[nH]c2c(-c3cc(C(F)F)ccc3OCC3CC3)ncnc2c1C(=O)N[C@H]1CC[C@@H](NC(=O)CO)C[C@H]1C. The quantitative estimate of drug-likeness (QED) is 0.323. The molecule has 1 aromatic carbocycles. The predicted molar refractivity (Wildman–Crippen MR) is 141 cm³/mol. The van der Waals surface area contributed by atoms with Gasteiger partial charge in [-0.05, 0) is 69.1 Å². The topological polar surface area (TPSA) is 129 Å². The molecule has 4 N–H and O–H groups in total. The molecule has 39 heavy (non-hydrogen) atoms. The highest BCUT2D eigenvalue weighted by Crippen LogP contribution is 2.38. The zero-order chi connectivity index (χ0) is 27.7. The van der Waals surface area contributed by atoms with Crippen LogP contribution in [0.4, 0.5) is 8.78 Å². The zero-order valence-corrected chi connectivity index (χ0v) is 22.0. The minimum atomic E-state index is -2.65. The third-order valence-corrected chi connectivity index (χ3v) is 7.68. The fourth-order valence-electron chi connectivity index (χ4n) is 5.35. The lowest BCUT2D eigenvalue weighted by Gasteiger charge is -2.35. The Kier molecular flexibility index (Phi) is 7.79. The molecule has 2 fully saturated rings. The Morgan fingerprint density at radius 2 is 1.97 bits per heavy atom. The summed E-state index contributed by atoms with van der Waals surface area (Å²) in [5.41, 5.74) is 2.52. The van der Waals surface area contributed by atoms with Gasteiger partial charge in [-0.1, -0.05) is 6.92 Å². The molecular formula is C28H33F2N5O4. The summed E-state index contributed by atoms with van der Waals surface area (Å²) in [4.78, 5) is 37.0. The number of nitrogens with one attached hydrogen (secondary N) is 3. The standard InChI is InChI=1S/C28H33F2N5O4/c1-14-9-18(34-22(37)11-36)6-7-20(14)35-28(38)23-15(2)33-26-24(31-13-32-25(23)26)19-10-17(27(29)30)5-8-21(19)39-12-16-3-4-16/h5,8,10,13-14,16,18,20,27,33,36H,3-4,6-7,9,11-12H2,1-2H3,(H,34,37)(H,35,38)/t14-,18-,20+/m1/s1. The van der Waals surface area contributed by atoms with Gasteiger partial charge >= 0.3 is 0 Å². The number of fused-ring (bicyclic) bond motifs is 1. The lowest BCUT2D eigenvalue weighted by atomic mass is 9.82. The number of rotatable bonds is 9. The molecule has 2 saturated carbocycles. The summed E-state index contributed by atoms with van der Waals surface area (Å²) >= 11 is 0. The third kappa shape index (κ3) is 5.88. The van der Waals surface area contributed by atoms with Gasteiger partial charge in [-0.15, -0.1) is 0 Å². The Balaban J connectivity index is 1.42. The number of aromatic nitrogens is 3. The number of nitrogens with zero attached hydrogens (tertiary/aromatic N) is 2. The Morgan fingerprint density at radius 3 is 2.67 bits per heavy atom. The van der Waals surface area contributed by atoms with Crippen molar-refractivity contribution >= 4 is 22.8 Å². The van der Waals surface area contributed by atoms with Gasteiger partial charge in [-0.25, -0.2) is 18.7 Å². The highest BCUT2D eigenvalue weighted by Gasteiger charge is 2.31. The number of carbonyl (C=O) groups excluding carboxylic acids is 2. The number of carbonyl (C=O) groups is 2. The van der Waals surface area contributed by atoms with Crippen molar-refractivity contribution in [3.8, 4) is 17.0 Å². The number of aliphatic hydroxyl groups is 1. The lowest BCUT2D eigenvalue weighted by molar-refractivity contribution is -0.124. The van der Waals surface area contributed by atoms with Crippen molar-refractivity contribution in [2.45, 2.75) is 64.5 Å². The molecule has 0 spiro atoms. The molecule has 5 rings (SSSR count). The van der Waals surface area contributed by atoms with Crippen LogP contribution >= 0.6 is 0 Å². The predicted octanol–water partition coefficient (Wildman–Crippen LogP) is 4.06. The van der Waals surface area contributed by atoms with Gasteiger partial charge in [-0.3, -0.25) is 9.59 Å². The molecule has 9 nitrogen and oxygen atoms in total. The molecule has 0 saturated heterocycles. The highest BCUT2D eigenvalue weighted by atomic mass is 19.3. The van der Waals surface area contributed by atoms with Crippen molar-refractivity contribution in [2.75, 3.05) is 13.2 Å². The summed E-state index contributed by atoms with van der Waals surface area (Å²) in [5, 5.41) is 14.9. The maximum atomic E-state index is 13.6. The summed E-state index contributed by atoms with van der Waals surface area (Å²) < 4.78 is 33.2. The number of halogens is 2. The van der Waals surface area contributed by atoms with E-state index >= 15 is 0 Å². The van der Waals surface area contributed by atoms with Crippen LogP contribution in [0.5, 0.6) is 5.75 Å². The summed E-state index contributed by atoms with van der Waals surface area (Å²) in [6.45, 7) is 3.75. The maximum Gasteiger partial charge on any atom is 0.263 e. The number of alkyl halides is 2. The van der Waals surface area contributed by atoms with E-state index in [1.165, 1.54) is 18.5 Å². The summed E-state index contributed by atoms with van der Waals surface area (Å²) in [6, 6.07) is 4.16. The van der Waals surface area contributed by atoms with E-state index in [1.807, 2.05) is 6.92 Å². The Hall–Kier alpha value is -3.60. The molecule has 208 valence electrons. The number of aliphatic hydroxyl groups excluding tert-OH is 1. The van der Waals surface area contributed by atoms with E-state index in [-0.39, 0.29) is 29.5 Å². The molecule has 2 amide bonds. The molecule has 0 aliphatic heterocycles. The number of hydrogen-bond donors (Lipinski definition) is 4. The first kappa shape index (κ1) is 27.0. The van der Waals surface area contributed by atoms with Crippen LogP contribution in [0.25, 0.3) is 22.3 Å². The van der Waals surface area contributed by atoms with Crippen molar-refractivity contribution in [1.29, 1.82) is 0 Å². The van der Waals surface area contributed by atoms with Crippen molar-refractivity contribution in [1.82, 2.24) is 25.6 Å². The number of H-pyrrole nitrogens is 1. The largest absolute Gasteiger partial charge is 0.493 e. The summed E-state index contributed by atoms with van der Waals surface area (Å²) in [6.07, 6.45) is 2.90. The minimum Gasteiger partial charge on any atom is -0.493 e. The van der Waals surface area contributed by atoms with Crippen LogP contribution in [0.2, 0.25) is 0 Å². The van der Waals surface area contributed by atoms with Gasteiger partial charge in [0.25, 0.3) is 12.3 Å². The van der Waals surface area contributed by atoms with Crippen LogP contribution in [-0.4, -0.2) is 57.2 Å². The monoisotopic (exact) mass is 541 g/mol. The van der Waals surface area contributed by atoms with Gasteiger partial charge in [0.15, 0.2) is 0 Å². The third-order valence-electron chi connectivity index (χ3n) is 7.68. The summed E-state index contributed by atoms with van der Waals surface area (Å²) in [7, 11) is 0. The first-order valence-electron chi connectivity index (χ1n) is 13.3. The minimum absolute atomic E-state index is 0.0433. The van der Waals surface area contributed by atoms with Crippen LogP contribution in [0, 0.1) is 18.8 Å². The average Bonchev–Trinajstić information content (AvgIpc) is 3.68. The smallest absolute Gasteiger partial charge is 0.263 e. The van der Waals surface area contributed by atoms with Crippen LogP contribution in [-0.2, 0) is 4.79 Å². The molecule has 0 radical (unpaired) electrons. The zero-order valence-electron chi connectivity index (χ0n) is 22.0. The van der Waals surface area contributed by atoms with Gasteiger partial charge in [0.05, 0.1) is 17.7 Å². The van der Waals surface area contributed by atoms with Gasteiger partial charge in [-0.2, -0.15) is 0 Å². The molecule has 11 heteroatoms. The average molecular weight is 542 g/mol. The molecule has 3 aromatic rings. The number of amides is 2. The van der Waals surface area contributed by atoms with Crippen LogP contribution < -0.4 is 15.4 Å². The van der Waals surface area contributed by atoms with E-state index in [0.717, 1.165) is 12.8 Å². The van der Waals surface area contributed by atoms with Crippen molar-refractivity contribution in [3.63, 3.8) is 0 Å². The molecule has 2 aromatic heterocycles. The number of hydrogen-bond acceptors (Lipinski definition) is 6. The lowest BCUT2D eigenvalue weighted by Crippen LogP contribution is -2.48. The number of ether oxygens (including phenoxy) is 1. The first-order valence-corrected chi connectivity index (χ1v) is 13.3. The number of benzene rings is 1. The second-order valence-electron chi connectivity index (χ2n) is 10.7. The van der Waals surface area contributed by atoms with E-state index in [4.69, 9.17) is 9.84 Å². The molecule has 0 bridgehead atoms. The van der Waals surface area contributed by atoms with Gasteiger partial charge in [0, 0.05) is 28.9 Å². The van der Waals surface area contributed by atoms with E-state index in [0.29, 0.717) is 71.1 Å². The van der Waals surface area contributed by atoms with Crippen molar-refractivity contribution < 1.29 is 28.2 Å². The number of aromatic amines is 1. The second kappa shape index (κ2) is 11.3.